The predicted molar refractivity (Wildman–Crippen MR) is 104 cm³/mol. The Balaban J connectivity index is 0.00000288. The largest absolute Gasteiger partial charge is 0.384 e. The van der Waals surface area contributed by atoms with Gasteiger partial charge in [-0.3, -0.25) is 9.98 Å². The molecule has 0 fully saturated rings. The van der Waals surface area contributed by atoms with Crippen molar-refractivity contribution >= 4 is 29.9 Å². The van der Waals surface area contributed by atoms with Crippen molar-refractivity contribution < 1.29 is 9.50 Å². The molecule has 0 amide bonds. The summed E-state index contributed by atoms with van der Waals surface area (Å²) in [5.41, 5.74) is 6.14. The third-order valence-electron chi connectivity index (χ3n) is 3.44. The highest BCUT2D eigenvalue weighted by molar-refractivity contribution is 14.0. The van der Waals surface area contributed by atoms with Gasteiger partial charge in [0.05, 0.1) is 6.54 Å². The van der Waals surface area contributed by atoms with Crippen LogP contribution >= 0.6 is 24.0 Å². The van der Waals surface area contributed by atoms with Crippen LogP contribution in [0.25, 0.3) is 0 Å². The summed E-state index contributed by atoms with van der Waals surface area (Å²) in [6.07, 6.45) is 2.47. The fourth-order valence-electron chi connectivity index (χ4n) is 2.06. The van der Waals surface area contributed by atoms with Crippen LogP contribution in [-0.2, 0) is 12.0 Å². The van der Waals surface area contributed by atoms with Crippen molar-refractivity contribution in [2.45, 2.75) is 18.9 Å². The van der Waals surface area contributed by atoms with Gasteiger partial charge in [0, 0.05) is 24.9 Å². The van der Waals surface area contributed by atoms with Crippen molar-refractivity contribution in [1.82, 2.24) is 10.3 Å². The molecule has 1 heterocycles. The number of guanidine groups is 1. The average molecular weight is 444 g/mol. The number of nitrogens with one attached hydrogen (secondary N) is 1. The first-order valence-electron chi connectivity index (χ1n) is 7.39. The third kappa shape index (κ3) is 6.40. The number of nitrogens with zero attached hydrogens (tertiary/aromatic N) is 2. The van der Waals surface area contributed by atoms with Crippen molar-refractivity contribution in [2.75, 3.05) is 13.1 Å². The zero-order chi connectivity index (χ0) is 16.7. The number of halogens is 2. The number of aromatic nitrogens is 1. The van der Waals surface area contributed by atoms with Crippen LogP contribution in [0.1, 0.15) is 18.2 Å². The lowest BCUT2D eigenvalue weighted by atomic mass is 9.96. The van der Waals surface area contributed by atoms with E-state index in [1.807, 2.05) is 18.2 Å². The highest BCUT2D eigenvalue weighted by Gasteiger charge is 2.22. The molecule has 4 N–H and O–H groups in total. The van der Waals surface area contributed by atoms with Crippen LogP contribution < -0.4 is 11.1 Å². The Morgan fingerprint density at radius 3 is 2.62 bits per heavy atom. The Morgan fingerprint density at radius 1 is 1.29 bits per heavy atom. The Labute approximate surface area is 158 Å². The molecule has 2 aromatic rings. The zero-order valence-corrected chi connectivity index (χ0v) is 15.8. The molecule has 0 bridgehead atoms. The molecule has 1 atom stereocenters. The molecule has 130 valence electrons. The average Bonchev–Trinajstić information content (AvgIpc) is 2.54. The summed E-state index contributed by atoms with van der Waals surface area (Å²) < 4.78 is 12.9. The van der Waals surface area contributed by atoms with Crippen molar-refractivity contribution in [3.63, 3.8) is 0 Å². The van der Waals surface area contributed by atoms with Gasteiger partial charge in [-0.05, 0) is 36.8 Å². The molecule has 0 saturated carbocycles. The van der Waals surface area contributed by atoms with E-state index < -0.39 is 5.60 Å². The van der Waals surface area contributed by atoms with E-state index in [-0.39, 0.29) is 42.3 Å². The highest BCUT2D eigenvalue weighted by atomic mass is 127. The summed E-state index contributed by atoms with van der Waals surface area (Å²) >= 11 is 0. The minimum absolute atomic E-state index is 0. The topological polar surface area (TPSA) is 83.5 Å². The van der Waals surface area contributed by atoms with Gasteiger partial charge in [0.25, 0.3) is 0 Å². The molecule has 1 aromatic carbocycles. The second-order valence-corrected chi connectivity index (χ2v) is 5.48. The summed E-state index contributed by atoms with van der Waals surface area (Å²) in [5, 5.41) is 13.4. The van der Waals surface area contributed by atoms with Crippen LogP contribution in [0.15, 0.2) is 53.7 Å². The summed E-state index contributed by atoms with van der Waals surface area (Å²) in [6.45, 7) is 2.30. The van der Waals surface area contributed by atoms with Crippen molar-refractivity contribution in [2.24, 2.45) is 10.7 Å². The maximum absolute atomic E-state index is 12.9. The first kappa shape index (κ1) is 20.3. The lowest BCUT2D eigenvalue weighted by Gasteiger charge is -2.22. The van der Waals surface area contributed by atoms with Gasteiger partial charge in [-0.25, -0.2) is 4.39 Å². The van der Waals surface area contributed by atoms with Crippen LogP contribution in [0.5, 0.6) is 0 Å². The Kier molecular flexibility index (Phi) is 8.06. The molecule has 7 heteroatoms. The second kappa shape index (κ2) is 9.53. The molecule has 0 aliphatic heterocycles. The van der Waals surface area contributed by atoms with Gasteiger partial charge in [-0.15, -0.1) is 24.0 Å². The summed E-state index contributed by atoms with van der Waals surface area (Å²) in [5.74, 6) is -0.0907. The van der Waals surface area contributed by atoms with Gasteiger partial charge in [-0.2, -0.15) is 0 Å². The van der Waals surface area contributed by atoms with E-state index in [0.29, 0.717) is 12.1 Å². The number of aliphatic hydroxyl groups is 1. The zero-order valence-electron chi connectivity index (χ0n) is 13.4. The normalized spacial score (nSPS) is 13.7. The molecule has 5 nitrogen and oxygen atoms in total. The van der Waals surface area contributed by atoms with E-state index in [1.54, 1.807) is 13.1 Å². The molecular weight excluding hydrogens is 422 g/mol. The first-order chi connectivity index (χ1) is 11.0. The quantitative estimate of drug-likeness (QED) is 0.363. The molecule has 0 spiro atoms. The van der Waals surface area contributed by atoms with Crippen molar-refractivity contribution in [3.8, 4) is 0 Å². The molecule has 0 saturated heterocycles. The maximum Gasteiger partial charge on any atom is 0.188 e. The van der Waals surface area contributed by atoms with Gasteiger partial charge >= 0.3 is 0 Å². The van der Waals surface area contributed by atoms with Gasteiger partial charge in [-0.1, -0.05) is 18.2 Å². The summed E-state index contributed by atoms with van der Waals surface area (Å²) in [7, 11) is 0. The molecule has 2 rings (SSSR count). The lowest BCUT2D eigenvalue weighted by molar-refractivity contribution is 0.0672. The van der Waals surface area contributed by atoms with Gasteiger partial charge < -0.3 is 16.2 Å². The third-order valence-corrected chi connectivity index (χ3v) is 3.44. The molecule has 0 aliphatic rings. The van der Waals surface area contributed by atoms with Crippen LogP contribution in [0.2, 0.25) is 0 Å². The summed E-state index contributed by atoms with van der Waals surface area (Å²) in [6, 6.07) is 11.4. The highest BCUT2D eigenvalue weighted by Crippen LogP contribution is 2.21. The van der Waals surface area contributed by atoms with Gasteiger partial charge in [0.15, 0.2) is 5.96 Å². The molecule has 24 heavy (non-hydrogen) atoms. The summed E-state index contributed by atoms with van der Waals surface area (Å²) in [4.78, 5) is 8.36. The molecule has 0 aliphatic carbocycles. The van der Waals surface area contributed by atoms with Crippen LogP contribution in [0, 0.1) is 5.82 Å². The first-order valence-corrected chi connectivity index (χ1v) is 7.39. The number of benzene rings is 1. The lowest BCUT2D eigenvalue weighted by Crippen LogP contribution is -2.35. The van der Waals surface area contributed by atoms with Crippen LogP contribution in [-0.4, -0.2) is 29.1 Å². The fourth-order valence-corrected chi connectivity index (χ4v) is 2.06. The minimum Gasteiger partial charge on any atom is -0.384 e. The fraction of sp³-hybridized carbons (Fsp3) is 0.294. The van der Waals surface area contributed by atoms with Crippen LogP contribution in [0.3, 0.4) is 0 Å². The van der Waals surface area contributed by atoms with Crippen molar-refractivity contribution in [3.05, 3.63) is 65.7 Å². The SMILES string of the molecule is CC(O)(CN=C(N)NCCc1ccccn1)c1ccc(F)cc1.I. The smallest absolute Gasteiger partial charge is 0.188 e. The van der Waals surface area contributed by atoms with E-state index in [9.17, 15) is 9.50 Å². The Bertz CT molecular complexity index is 647. The molecule has 1 unspecified atom stereocenters. The number of aliphatic imine (C=N–C) groups is 1. The molecule has 0 radical (unpaired) electrons. The molecule has 1 aromatic heterocycles. The number of pyridine rings is 1. The maximum atomic E-state index is 12.9. The Hall–Kier alpha value is -1.74. The van der Waals surface area contributed by atoms with Crippen LogP contribution in [0.4, 0.5) is 4.39 Å². The number of hydrogen-bond acceptors (Lipinski definition) is 3. The Morgan fingerprint density at radius 2 is 2.00 bits per heavy atom. The molecular formula is C17H22FIN4O. The van der Waals surface area contributed by atoms with E-state index in [2.05, 4.69) is 15.3 Å². The number of hydrogen-bond donors (Lipinski definition) is 3. The second-order valence-electron chi connectivity index (χ2n) is 5.48. The standard InChI is InChI=1S/C17H21FN4O.HI/c1-17(23,13-5-7-14(18)8-6-13)12-22-16(19)21-11-9-15-4-2-3-10-20-15;/h2-8,10,23H,9,11-12H2,1H3,(H3,19,21,22);1H. The van der Waals surface area contributed by atoms with E-state index in [0.717, 1.165) is 12.1 Å². The monoisotopic (exact) mass is 444 g/mol. The predicted octanol–water partition coefficient (Wildman–Crippen LogP) is 2.19. The van der Waals surface area contributed by atoms with Gasteiger partial charge in [0.2, 0.25) is 0 Å². The van der Waals surface area contributed by atoms with E-state index >= 15 is 0 Å². The minimum atomic E-state index is -1.21. The van der Waals surface area contributed by atoms with Gasteiger partial charge in [0.1, 0.15) is 11.4 Å². The van der Waals surface area contributed by atoms with E-state index in [4.69, 9.17) is 5.73 Å². The number of rotatable bonds is 6. The number of nitrogens with two attached hydrogens (primary N) is 1. The van der Waals surface area contributed by atoms with Crippen molar-refractivity contribution in [1.29, 1.82) is 0 Å². The van der Waals surface area contributed by atoms with E-state index in [1.165, 1.54) is 24.3 Å².